The summed E-state index contributed by atoms with van der Waals surface area (Å²) >= 11 is 7.15. The lowest BCUT2D eigenvalue weighted by Gasteiger charge is -2.11. The molecule has 2 heterocycles. The molecule has 10 heteroatoms. The van der Waals surface area contributed by atoms with Gasteiger partial charge >= 0.3 is 6.18 Å². The number of hydrogen-bond donors (Lipinski definition) is 2. The molecule has 28 heavy (non-hydrogen) atoms. The van der Waals surface area contributed by atoms with Crippen molar-refractivity contribution in [3.8, 4) is 11.4 Å². The van der Waals surface area contributed by atoms with E-state index in [1.165, 1.54) is 23.5 Å². The van der Waals surface area contributed by atoms with Crippen LogP contribution in [0.2, 0.25) is 5.02 Å². The van der Waals surface area contributed by atoms with Gasteiger partial charge in [-0.3, -0.25) is 10.1 Å². The van der Waals surface area contributed by atoms with Gasteiger partial charge in [-0.15, -0.1) is 11.3 Å². The van der Waals surface area contributed by atoms with Gasteiger partial charge in [0.05, 0.1) is 16.6 Å². The second-order valence-electron chi connectivity index (χ2n) is 5.77. The van der Waals surface area contributed by atoms with Gasteiger partial charge in [-0.1, -0.05) is 17.7 Å². The quantitative estimate of drug-likeness (QED) is 0.450. The molecule has 0 spiro atoms. The van der Waals surface area contributed by atoms with E-state index < -0.39 is 17.6 Å². The Kier molecular flexibility index (Phi) is 4.56. The summed E-state index contributed by atoms with van der Waals surface area (Å²) in [5.41, 5.74) is -0.174. The van der Waals surface area contributed by atoms with E-state index in [0.717, 1.165) is 6.07 Å². The number of carbonyl (C=O) groups excluding carboxylic acids is 1. The Bertz CT molecular complexity index is 1170. The lowest BCUT2D eigenvalue weighted by molar-refractivity contribution is -0.137. The minimum Gasteiger partial charge on any atom is -0.338 e. The highest BCUT2D eigenvalue weighted by atomic mass is 35.5. The Morgan fingerprint density at radius 1 is 1.21 bits per heavy atom. The van der Waals surface area contributed by atoms with Crippen LogP contribution in [0.1, 0.15) is 15.9 Å². The third-order valence-electron chi connectivity index (χ3n) is 3.95. The Labute approximate surface area is 165 Å². The molecule has 0 radical (unpaired) electrons. The number of rotatable bonds is 3. The van der Waals surface area contributed by atoms with E-state index in [-0.39, 0.29) is 27.5 Å². The molecule has 1 amide bonds. The zero-order valence-corrected chi connectivity index (χ0v) is 15.4. The molecule has 0 saturated carbocycles. The molecule has 0 aliphatic rings. The molecule has 2 aromatic heterocycles. The number of aromatic nitrogens is 3. The lowest BCUT2D eigenvalue weighted by atomic mass is 10.1. The zero-order valence-electron chi connectivity index (χ0n) is 13.8. The number of alkyl halides is 3. The van der Waals surface area contributed by atoms with Crippen molar-refractivity contribution in [1.29, 1.82) is 0 Å². The number of aromatic amines is 1. The van der Waals surface area contributed by atoms with Crippen molar-refractivity contribution in [2.75, 3.05) is 5.32 Å². The SMILES string of the molecule is O=C(Nc1nccs1)c1cccc2[nH]c(-c3cc(Cl)ccc3C(F)(F)F)nc12. The van der Waals surface area contributed by atoms with E-state index >= 15 is 0 Å². The summed E-state index contributed by atoms with van der Waals surface area (Å²) in [6.07, 6.45) is -3.03. The first-order valence-electron chi connectivity index (χ1n) is 7.89. The van der Waals surface area contributed by atoms with Crippen LogP contribution in [0.3, 0.4) is 0 Å². The van der Waals surface area contributed by atoms with Crippen molar-refractivity contribution in [1.82, 2.24) is 15.0 Å². The third-order valence-corrected chi connectivity index (χ3v) is 4.88. The van der Waals surface area contributed by atoms with Crippen molar-refractivity contribution in [2.45, 2.75) is 6.18 Å². The lowest BCUT2D eigenvalue weighted by Crippen LogP contribution is -2.12. The highest BCUT2D eigenvalue weighted by Gasteiger charge is 2.34. The van der Waals surface area contributed by atoms with Gasteiger partial charge < -0.3 is 4.98 Å². The van der Waals surface area contributed by atoms with Gasteiger partial charge in [-0.05, 0) is 30.3 Å². The molecule has 4 aromatic rings. The van der Waals surface area contributed by atoms with E-state index in [2.05, 4.69) is 20.3 Å². The van der Waals surface area contributed by atoms with E-state index in [4.69, 9.17) is 11.6 Å². The van der Waals surface area contributed by atoms with E-state index in [1.807, 2.05) is 0 Å². The van der Waals surface area contributed by atoms with Crippen LogP contribution in [0.5, 0.6) is 0 Å². The molecule has 0 unspecified atom stereocenters. The maximum atomic E-state index is 13.4. The first-order valence-corrected chi connectivity index (χ1v) is 9.15. The van der Waals surface area contributed by atoms with Crippen LogP contribution in [-0.4, -0.2) is 20.9 Å². The predicted octanol–water partition coefficient (Wildman–Crippen LogP) is 5.61. The molecule has 2 N–H and O–H groups in total. The first-order chi connectivity index (χ1) is 13.3. The standard InChI is InChI=1S/C18H10ClF3N4OS/c19-9-4-5-12(18(20,21)22)11(8-9)15-24-13-3-1-2-10(14(13)25-15)16(27)26-17-23-6-7-28-17/h1-8H,(H,24,25)(H,23,26,27). The fourth-order valence-electron chi connectivity index (χ4n) is 2.75. The first kappa shape index (κ1) is 18.5. The monoisotopic (exact) mass is 422 g/mol. The van der Waals surface area contributed by atoms with Crippen LogP contribution in [-0.2, 0) is 6.18 Å². The number of amides is 1. The van der Waals surface area contributed by atoms with Crippen molar-refractivity contribution in [3.63, 3.8) is 0 Å². The molecule has 0 aliphatic heterocycles. The summed E-state index contributed by atoms with van der Waals surface area (Å²) in [5, 5.41) is 4.90. The normalized spacial score (nSPS) is 11.7. The summed E-state index contributed by atoms with van der Waals surface area (Å²) in [6.45, 7) is 0. The van der Waals surface area contributed by atoms with Gasteiger partial charge in [0.15, 0.2) is 5.13 Å². The Morgan fingerprint density at radius 2 is 2.04 bits per heavy atom. The van der Waals surface area contributed by atoms with Gasteiger partial charge in [-0.2, -0.15) is 13.2 Å². The molecule has 0 saturated heterocycles. The predicted molar refractivity (Wildman–Crippen MR) is 102 cm³/mol. The highest BCUT2D eigenvalue weighted by molar-refractivity contribution is 7.13. The topological polar surface area (TPSA) is 70.7 Å². The number of benzene rings is 2. The molecule has 2 aromatic carbocycles. The maximum Gasteiger partial charge on any atom is 0.417 e. The largest absolute Gasteiger partial charge is 0.417 e. The number of H-pyrrole nitrogens is 1. The summed E-state index contributed by atoms with van der Waals surface area (Å²) in [4.78, 5) is 23.6. The van der Waals surface area contributed by atoms with Gasteiger partial charge in [0.2, 0.25) is 0 Å². The van der Waals surface area contributed by atoms with Crippen molar-refractivity contribution >= 4 is 45.0 Å². The number of nitrogens with one attached hydrogen (secondary N) is 2. The Hall–Kier alpha value is -2.91. The average molecular weight is 423 g/mol. The van der Waals surface area contributed by atoms with Gasteiger partial charge in [0.1, 0.15) is 11.3 Å². The number of carbonyl (C=O) groups is 1. The molecule has 142 valence electrons. The molecular weight excluding hydrogens is 413 g/mol. The number of hydrogen-bond acceptors (Lipinski definition) is 4. The fourth-order valence-corrected chi connectivity index (χ4v) is 3.45. The number of fused-ring (bicyclic) bond motifs is 1. The van der Waals surface area contributed by atoms with Gasteiger partial charge in [-0.25, -0.2) is 9.97 Å². The minimum atomic E-state index is -4.58. The summed E-state index contributed by atoms with van der Waals surface area (Å²) in [5.74, 6) is -0.486. The van der Waals surface area contributed by atoms with E-state index in [1.54, 1.807) is 29.8 Å². The van der Waals surface area contributed by atoms with Crippen LogP contribution in [0.4, 0.5) is 18.3 Å². The third kappa shape index (κ3) is 3.46. The maximum absolute atomic E-state index is 13.4. The zero-order chi connectivity index (χ0) is 19.9. The summed E-state index contributed by atoms with van der Waals surface area (Å²) in [7, 11) is 0. The van der Waals surface area contributed by atoms with Crippen molar-refractivity contribution in [2.24, 2.45) is 0 Å². The molecule has 0 bridgehead atoms. The highest BCUT2D eigenvalue weighted by Crippen LogP contribution is 2.38. The molecule has 0 fully saturated rings. The molecular formula is C18H10ClF3N4OS. The number of halogens is 4. The molecule has 5 nitrogen and oxygen atoms in total. The van der Waals surface area contributed by atoms with E-state index in [9.17, 15) is 18.0 Å². The van der Waals surface area contributed by atoms with Crippen LogP contribution >= 0.6 is 22.9 Å². The van der Waals surface area contributed by atoms with E-state index in [0.29, 0.717) is 10.6 Å². The van der Waals surface area contributed by atoms with Crippen LogP contribution in [0, 0.1) is 0 Å². The van der Waals surface area contributed by atoms with Crippen molar-refractivity contribution in [3.05, 3.63) is 64.1 Å². The van der Waals surface area contributed by atoms with Gasteiger partial charge in [0, 0.05) is 22.2 Å². The number of para-hydroxylation sites is 1. The second-order valence-corrected chi connectivity index (χ2v) is 7.10. The van der Waals surface area contributed by atoms with Gasteiger partial charge in [0.25, 0.3) is 5.91 Å². The Balaban J connectivity index is 1.82. The number of nitrogens with zero attached hydrogens (tertiary/aromatic N) is 2. The van der Waals surface area contributed by atoms with Crippen LogP contribution < -0.4 is 5.32 Å². The molecule has 4 rings (SSSR count). The van der Waals surface area contributed by atoms with Crippen LogP contribution in [0.15, 0.2) is 48.0 Å². The van der Waals surface area contributed by atoms with Crippen LogP contribution in [0.25, 0.3) is 22.4 Å². The molecule has 0 aliphatic carbocycles. The van der Waals surface area contributed by atoms with Crippen molar-refractivity contribution < 1.29 is 18.0 Å². The smallest absolute Gasteiger partial charge is 0.338 e. The summed E-state index contributed by atoms with van der Waals surface area (Å²) < 4.78 is 40.2. The number of thiazole rings is 1. The fraction of sp³-hybridized carbons (Fsp3) is 0.0556. The second kappa shape index (κ2) is 6.92. The summed E-state index contributed by atoms with van der Waals surface area (Å²) in [6, 6.07) is 8.05. The average Bonchev–Trinajstić information content (AvgIpc) is 3.29. The Morgan fingerprint density at radius 3 is 2.75 bits per heavy atom. The minimum absolute atomic E-state index is 0.0284. The molecule has 0 atom stereocenters. The number of imidazole rings is 1. The number of anilines is 1.